The molecular weight excluding hydrogens is 901 g/mol. The van der Waals surface area contributed by atoms with Crippen LogP contribution in [0.15, 0.2) is 24.3 Å². The first-order chi connectivity index (χ1) is 31.4. The van der Waals surface area contributed by atoms with Crippen molar-refractivity contribution in [2.24, 2.45) is 56.2 Å². The van der Waals surface area contributed by atoms with Crippen LogP contribution in [0.1, 0.15) is 169 Å². The number of hydrogen-bond donors (Lipinski definition) is 5. The Labute approximate surface area is 410 Å². The Morgan fingerprint density at radius 2 is 1.15 bits per heavy atom. The third kappa shape index (κ3) is 5.62. The van der Waals surface area contributed by atoms with Crippen LogP contribution in [0.4, 0.5) is 0 Å². The second-order valence-corrected chi connectivity index (χ2v) is 28.6. The molecule has 8 nitrogen and oxygen atoms in total. The van der Waals surface area contributed by atoms with Crippen LogP contribution >= 0.6 is 15.9 Å². The molecule has 14 atom stereocenters. The van der Waals surface area contributed by atoms with E-state index in [0.717, 1.165) is 87.8 Å². The number of aliphatic hydroxyl groups is 2. The Bertz CT molecular complexity index is 2380. The number of halogens is 1. The molecule has 2 aromatic carbocycles. The molecule has 9 heteroatoms. The number of alkyl halides is 1. The smallest absolute Gasteiger partial charge is 0.165 e. The first-order valence-electron chi connectivity index (χ1n) is 26.9. The number of ether oxygens (including phenoxy) is 2. The van der Waals surface area contributed by atoms with Crippen LogP contribution in [0.5, 0.6) is 23.0 Å². The summed E-state index contributed by atoms with van der Waals surface area (Å²) in [5.41, 5.74) is 3.41. The lowest BCUT2D eigenvalue weighted by atomic mass is 9.31. The summed E-state index contributed by atoms with van der Waals surface area (Å²) in [5.74, 6) is 4.42. The van der Waals surface area contributed by atoms with E-state index < -0.39 is 11.2 Å². The van der Waals surface area contributed by atoms with E-state index in [-0.39, 0.29) is 67.4 Å². The van der Waals surface area contributed by atoms with Crippen molar-refractivity contribution < 1.29 is 29.9 Å². The molecule has 0 aromatic heterocycles. The summed E-state index contributed by atoms with van der Waals surface area (Å²) in [5, 5.41) is 50.8. The zero-order valence-electron chi connectivity index (χ0n) is 42.6. The fraction of sp³-hybridized carbons (Fsp3) is 0.793. The number of benzene rings is 2. The quantitative estimate of drug-likeness (QED) is 0.188. The van der Waals surface area contributed by atoms with E-state index in [0.29, 0.717) is 23.6 Å². The summed E-state index contributed by atoms with van der Waals surface area (Å²) in [6, 6.07) is 8.95. The van der Waals surface area contributed by atoms with E-state index in [1.807, 2.05) is 12.1 Å². The summed E-state index contributed by atoms with van der Waals surface area (Å²) in [4.78, 5) is 2.85. The topological polar surface area (TPSA) is 115 Å². The molecule has 16 rings (SSSR count). The van der Waals surface area contributed by atoms with Crippen molar-refractivity contribution in [2.75, 3.05) is 25.0 Å². The van der Waals surface area contributed by atoms with E-state index in [1.165, 1.54) is 72.7 Å². The average Bonchev–Trinajstić information content (AvgIpc) is 4.20. The molecule has 14 aliphatic rings. The predicted molar refractivity (Wildman–Crippen MR) is 267 cm³/mol. The summed E-state index contributed by atoms with van der Waals surface area (Å²) >= 11 is 3.38. The van der Waals surface area contributed by atoms with E-state index >= 15 is 0 Å². The Kier molecular flexibility index (Phi) is 9.71. The largest absolute Gasteiger partial charge is 0.504 e. The molecule has 4 aliphatic heterocycles. The van der Waals surface area contributed by atoms with Crippen LogP contribution in [-0.2, 0) is 23.7 Å². The number of piperidine rings is 2. The number of fused-ring (bicyclic) bond motifs is 4. The first kappa shape index (κ1) is 46.1. The molecule has 0 radical (unpaired) electrons. The van der Waals surface area contributed by atoms with Crippen molar-refractivity contribution in [1.29, 1.82) is 0 Å². The maximum atomic E-state index is 12.1. The normalized spacial score (nSPS) is 43.8. The lowest BCUT2D eigenvalue weighted by molar-refractivity contribution is -0.276. The molecule has 2 saturated heterocycles. The minimum Gasteiger partial charge on any atom is -0.504 e. The zero-order valence-corrected chi connectivity index (χ0v) is 44.2. The van der Waals surface area contributed by atoms with Crippen LogP contribution in [0.25, 0.3) is 0 Å². The first-order valence-corrected chi connectivity index (χ1v) is 28.0. The van der Waals surface area contributed by atoms with Gasteiger partial charge >= 0.3 is 0 Å². The fourth-order valence-corrected chi connectivity index (χ4v) is 19.3. The Balaban J connectivity index is 0.000000127. The maximum absolute atomic E-state index is 12.1. The second kappa shape index (κ2) is 14.1. The lowest BCUT2D eigenvalue weighted by Gasteiger charge is -2.75. The zero-order chi connectivity index (χ0) is 47.5. The van der Waals surface area contributed by atoms with Crippen molar-refractivity contribution in [3.8, 4) is 23.0 Å². The molecule has 0 unspecified atom stereocenters. The van der Waals surface area contributed by atoms with E-state index in [9.17, 15) is 20.4 Å². The molecule has 368 valence electrons. The van der Waals surface area contributed by atoms with Crippen molar-refractivity contribution >= 4 is 15.9 Å². The molecule has 4 spiro atoms. The highest BCUT2D eigenvalue weighted by Gasteiger charge is 2.82. The Morgan fingerprint density at radius 1 is 0.657 bits per heavy atom. The highest BCUT2D eigenvalue weighted by Crippen LogP contribution is 2.81. The van der Waals surface area contributed by atoms with Crippen molar-refractivity contribution in [1.82, 2.24) is 10.2 Å². The van der Waals surface area contributed by atoms with Gasteiger partial charge in [0.05, 0.1) is 11.2 Å². The SMILES string of the molecule is BrCC1CC1.CC(C)(C)[C@@](C)(O)[C@H]1C[C@@]23CC[C@]1(C)[C@@H]1Oc4c(O)ccc5c4[C@@]12CCN(CC1CC1)[C@@H]3C5.CC(C)(C)[C@@](C)(O)[C@H]1C[C@@]23CC[C@]1(C)[C@@H]1Oc4c(O)ccc5c4[C@@]12CCN[C@@H]3C5. The van der Waals surface area contributed by atoms with E-state index in [4.69, 9.17) is 9.47 Å². The van der Waals surface area contributed by atoms with Crippen LogP contribution in [0, 0.1) is 56.2 Å². The van der Waals surface area contributed by atoms with Gasteiger partial charge in [0.1, 0.15) is 12.2 Å². The molecule has 67 heavy (non-hydrogen) atoms. The monoisotopic (exact) mass is 983 g/mol. The second-order valence-electron chi connectivity index (χ2n) is 27.9. The van der Waals surface area contributed by atoms with Crippen molar-refractivity contribution in [3.05, 3.63) is 46.5 Å². The maximum Gasteiger partial charge on any atom is 0.165 e. The molecule has 8 saturated carbocycles. The number of likely N-dealkylation sites (tertiary alicyclic amines) is 1. The summed E-state index contributed by atoms with van der Waals surface area (Å²) in [6.45, 7) is 25.4. The highest BCUT2D eigenvalue weighted by atomic mass is 79.9. The third-order valence-electron chi connectivity index (χ3n) is 23.4. The van der Waals surface area contributed by atoms with Crippen LogP contribution in [0.3, 0.4) is 0 Å². The summed E-state index contributed by atoms with van der Waals surface area (Å²) in [6.07, 6.45) is 16.8. The number of nitrogens with zero attached hydrogens (tertiary/aromatic N) is 1. The molecule has 10 aliphatic carbocycles. The van der Waals surface area contributed by atoms with E-state index in [1.54, 1.807) is 0 Å². The third-order valence-corrected chi connectivity index (χ3v) is 24.3. The van der Waals surface area contributed by atoms with Gasteiger partial charge in [-0.25, -0.2) is 0 Å². The van der Waals surface area contributed by atoms with Gasteiger partial charge in [0.25, 0.3) is 0 Å². The lowest BCUT2D eigenvalue weighted by Crippen LogP contribution is -2.80. The van der Waals surface area contributed by atoms with Gasteiger partial charge in [0, 0.05) is 62.2 Å². The summed E-state index contributed by atoms with van der Waals surface area (Å²) in [7, 11) is 0. The van der Waals surface area contributed by atoms with Crippen LogP contribution < -0.4 is 14.8 Å². The molecule has 8 bridgehead atoms. The van der Waals surface area contributed by atoms with Gasteiger partial charge in [0.15, 0.2) is 23.0 Å². The van der Waals surface area contributed by atoms with Crippen molar-refractivity contribution in [3.63, 3.8) is 0 Å². The Hall–Kier alpha value is -2.04. The number of phenols is 2. The van der Waals surface area contributed by atoms with Crippen molar-refractivity contribution in [2.45, 2.75) is 205 Å². The average molecular weight is 984 g/mol. The number of phenolic OH excluding ortho intramolecular Hbond substituents is 2. The van der Waals surface area contributed by atoms with E-state index in [2.05, 4.69) is 108 Å². The van der Waals surface area contributed by atoms with Gasteiger partial charge in [-0.15, -0.1) is 0 Å². The number of aromatic hydroxyl groups is 2. The molecule has 5 N–H and O–H groups in total. The van der Waals surface area contributed by atoms with Gasteiger partial charge in [-0.3, -0.25) is 4.90 Å². The number of hydrogen-bond acceptors (Lipinski definition) is 8. The minimum atomic E-state index is -0.786. The fourth-order valence-electron chi connectivity index (χ4n) is 18.6. The van der Waals surface area contributed by atoms with Gasteiger partial charge < -0.3 is 35.2 Å². The minimum absolute atomic E-state index is 0.0170. The summed E-state index contributed by atoms with van der Waals surface area (Å²) < 4.78 is 13.7. The molecule has 10 fully saturated rings. The van der Waals surface area contributed by atoms with Gasteiger partial charge in [-0.1, -0.05) is 83.5 Å². The highest BCUT2D eigenvalue weighted by molar-refractivity contribution is 9.09. The number of nitrogens with one attached hydrogen (secondary N) is 1. The van der Waals surface area contributed by atoms with Crippen LogP contribution in [-0.4, -0.2) is 85.8 Å². The molecule has 0 amide bonds. The number of rotatable bonds is 5. The van der Waals surface area contributed by atoms with Gasteiger partial charge in [-0.2, -0.15) is 0 Å². The standard InChI is InChI=1S/C29H41NO3.C25H35NO3.C4H7Br/c1-25(2,3)27(5,32)20-15-28-11-10-26(20,4)24-29(28)12-13-30(16-17-6-7-17)21(28)14-18-8-9-19(31)23(33-24)22(18)29;1-21(2,3)23(5,28)16-13-24-9-8-22(16,4)20-25(24)10-11-26-17(24)12-14-6-7-15(27)19(29-20)18(14)25;5-3-4-1-2-4/h8-9,17,20-21,24,31-32H,6-7,10-16H2,1-5H3;6-7,16-17,20,26-28H,8-13H2,1-5H3;4H,1-3H2/t20-,21+,24-,26-,27-,28+,29-;16-,17+,20-,22-,23-,24+,25-;/m00./s1. The van der Waals surface area contributed by atoms with Crippen LogP contribution in [0.2, 0.25) is 0 Å². The molecule has 2 aromatic rings. The molecular formula is C58H83BrN2O6. The predicted octanol–water partition coefficient (Wildman–Crippen LogP) is 10.7. The Morgan fingerprint density at radius 3 is 1.64 bits per heavy atom. The van der Waals surface area contributed by atoms with Gasteiger partial charge in [0.2, 0.25) is 0 Å². The van der Waals surface area contributed by atoms with Gasteiger partial charge in [-0.05, 0) is 180 Å². The molecule has 4 heterocycles.